The first-order valence-corrected chi connectivity index (χ1v) is 9.51. The third-order valence-corrected chi connectivity index (χ3v) is 5.45. The molecule has 1 atom stereocenters. The van der Waals surface area contributed by atoms with Crippen LogP contribution in [0.4, 0.5) is 0 Å². The van der Waals surface area contributed by atoms with Gasteiger partial charge in [0.25, 0.3) is 0 Å². The Kier molecular flexibility index (Phi) is 4.79. The van der Waals surface area contributed by atoms with Crippen molar-refractivity contribution in [3.8, 4) is 11.3 Å². The lowest BCUT2D eigenvalue weighted by molar-refractivity contribution is -0.126. The molecule has 1 saturated heterocycles. The van der Waals surface area contributed by atoms with Gasteiger partial charge >= 0.3 is 0 Å². The summed E-state index contributed by atoms with van der Waals surface area (Å²) in [5.41, 5.74) is 4.42. The summed E-state index contributed by atoms with van der Waals surface area (Å²) < 4.78 is 6.98. The number of benzene rings is 1. The molecule has 2 aliphatic rings. The number of aryl methyl sites for hydroxylation is 2. The van der Waals surface area contributed by atoms with Gasteiger partial charge in [0.05, 0.1) is 5.69 Å². The summed E-state index contributed by atoms with van der Waals surface area (Å²) in [6, 6.07) is 9.20. The minimum absolute atomic E-state index is 0.0695. The van der Waals surface area contributed by atoms with E-state index in [1.807, 2.05) is 50.3 Å². The van der Waals surface area contributed by atoms with Gasteiger partial charge in [-0.1, -0.05) is 35.9 Å². The highest BCUT2D eigenvalue weighted by molar-refractivity contribution is 6.20. The average Bonchev–Trinajstić information content (AvgIpc) is 3.16. The first kappa shape index (κ1) is 17.9. The fourth-order valence-electron chi connectivity index (χ4n) is 3.86. The van der Waals surface area contributed by atoms with Gasteiger partial charge < -0.3 is 4.74 Å². The van der Waals surface area contributed by atoms with Gasteiger partial charge in [-0.25, -0.2) is 0 Å². The number of ether oxygens (including phenoxy) is 1. The third kappa shape index (κ3) is 3.52. The summed E-state index contributed by atoms with van der Waals surface area (Å²) in [7, 11) is 0. The van der Waals surface area contributed by atoms with Crippen LogP contribution in [0.15, 0.2) is 42.0 Å². The minimum Gasteiger partial charge on any atom is -0.381 e. The van der Waals surface area contributed by atoms with Crippen LogP contribution in [-0.2, 0) is 14.3 Å². The van der Waals surface area contributed by atoms with Crippen molar-refractivity contribution in [2.24, 2.45) is 5.92 Å². The lowest BCUT2D eigenvalue weighted by Crippen LogP contribution is -2.22. The maximum absolute atomic E-state index is 13.0. The van der Waals surface area contributed by atoms with E-state index in [2.05, 4.69) is 5.10 Å². The van der Waals surface area contributed by atoms with Crippen molar-refractivity contribution in [2.75, 3.05) is 13.2 Å². The van der Waals surface area contributed by atoms with Crippen LogP contribution < -0.4 is 0 Å². The van der Waals surface area contributed by atoms with Crippen LogP contribution in [0, 0.1) is 19.8 Å². The smallest absolute Gasteiger partial charge is 0.191 e. The second-order valence-electron chi connectivity index (χ2n) is 7.53. The molecule has 1 aliphatic heterocycles. The molecule has 140 valence electrons. The van der Waals surface area contributed by atoms with E-state index in [0.29, 0.717) is 11.5 Å². The number of nitrogens with zero attached hydrogens (tertiary/aromatic N) is 2. The summed E-state index contributed by atoms with van der Waals surface area (Å²) in [6.45, 7) is 5.37. The molecule has 0 amide bonds. The Labute approximate surface area is 159 Å². The van der Waals surface area contributed by atoms with E-state index in [-0.39, 0.29) is 18.0 Å². The molecular weight excluding hydrogens is 340 g/mol. The van der Waals surface area contributed by atoms with Gasteiger partial charge in [-0.15, -0.1) is 0 Å². The van der Waals surface area contributed by atoms with E-state index >= 15 is 0 Å². The molecule has 1 aromatic heterocycles. The first-order valence-electron chi connectivity index (χ1n) is 9.51. The lowest BCUT2D eigenvalue weighted by Gasteiger charge is -2.19. The number of allylic oxidation sites excluding steroid dienone is 2. The van der Waals surface area contributed by atoms with E-state index in [0.717, 1.165) is 43.0 Å². The summed E-state index contributed by atoms with van der Waals surface area (Å²) in [5.74, 6) is 0.152. The summed E-state index contributed by atoms with van der Waals surface area (Å²) in [4.78, 5) is 25.6. The van der Waals surface area contributed by atoms with Crippen molar-refractivity contribution < 1.29 is 14.3 Å². The number of rotatable bonds is 3. The zero-order valence-electron chi connectivity index (χ0n) is 15.8. The Bertz CT molecular complexity index is 902. The number of hydrogen-bond acceptors (Lipinski definition) is 4. The Morgan fingerprint density at radius 3 is 2.52 bits per heavy atom. The number of Topliss-reactive ketones (excluding diaryl/α,β-unsaturated/α-hetero) is 2. The lowest BCUT2D eigenvalue weighted by atomic mass is 9.96. The molecule has 27 heavy (non-hydrogen) atoms. The second kappa shape index (κ2) is 7.24. The van der Waals surface area contributed by atoms with Crippen molar-refractivity contribution in [3.05, 3.63) is 53.2 Å². The molecule has 0 spiro atoms. The molecule has 5 heteroatoms. The quantitative estimate of drug-likeness (QED) is 0.617. The molecule has 4 rings (SSSR count). The van der Waals surface area contributed by atoms with E-state index in [9.17, 15) is 9.59 Å². The molecule has 0 radical (unpaired) electrons. The summed E-state index contributed by atoms with van der Waals surface area (Å²) in [5, 5.41) is 4.60. The number of aromatic nitrogens is 2. The predicted molar refractivity (Wildman–Crippen MR) is 102 cm³/mol. The molecule has 1 aliphatic carbocycles. The molecule has 1 saturated carbocycles. The van der Waals surface area contributed by atoms with Crippen molar-refractivity contribution in [1.82, 2.24) is 9.78 Å². The van der Waals surface area contributed by atoms with Gasteiger partial charge in [-0.05, 0) is 38.7 Å². The minimum atomic E-state index is -0.824. The number of ketones is 2. The van der Waals surface area contributed by atoms with Crippen LogP contribution in [-0.4, -0.2) is 34.6 Å². The van der Waals surface area contributed by atoms with Gasteiger partial charge in [0, 0.05) is 36.5 Å². The fraction of sp³-hybridized carbons (Fsp3) is 0.409. The molecule has 5 nitrogen and oxygen atoms in total. The Morgan fingerprint density at radius 2 is 1.81 bits per heavy atom. The van der Waals surface area contributed by atoms with Crippen molar-refractivity contribution >= 4 is 11.6 Å². The van der Waals surface area contributed by atoms with Crippen LogP contribution >= 0.6 is 0 Å². The van der Waals surface area contributed by atoms with Gasteiger partial charge in [0.15, 0.2) is 17.6 Å². The fourth-order valence-corrected chi connectivity index (χ4v) is 3.86. The van der Waals surface area contributed by atoms with Crippen molar-refractivity contribution in [2.45, 2.75) is 39.2 Å². The monoisotopic (exact) mass is 364 g/mol. The third-order valence-electron chi connectivity index (χ3n) is 5.45. The number of hydrogen-bond donors (Lipinski definition) is 0. The zero-order chi connectivity index (χ0) is 19.0. The second-order valence-corrected chi connectivity index (χ2v) is 7.53. The maximum atomic E-state index is 13.0. The van der Waals surface area contributed by atoms with Gasteiger partial charge in [0.2, 0.25) is 0 Å². The van der Waals surface area contributed by atoms with Crippen molar-refractivity contribution in [3.63, 3.8) is 0 Å². The van der Waals surface area contributed by atoms with E-state index in [4.69, 9.17) is 4.74 Å². The van der Waals surface area contributed by atoms with E-state index in [1.165, 1.54) is 5.56 Å². The highest BCUT2D eigenvalue weighted by atomic mass is 16.5. The van der Waals surface area contributed by atoms with Crippen LogP contribution in [0.1, 0.15) is 36.6 Å². The molecule has 1 unspecified atom stereocenters. The normalized spacial score (nSPS) is 22.7. The molecule has 1 aromatic carbocycles. The Morgan fingerprint density at radius 1 is 1.11 bits per heavy atom. The molecular formula is C22H24N2O3. The Hall–Kier alpha value is -2.53. The van der Waals surface area contributed by atoms with E-state index < -0.39 is 6.04 Å². The van der Waals surface area contributed by atoms with Crippen molar-refractivity contribution in [1.29, 1.82) is 0 Å². The van der Waals surface area contributed by atoms with Gasteiger partial charge in [0.1, 0.15) is 0 Å². The topological polar surface area (TPSA) is 61.2 Å². The maximum Gasteiger partial charge on any atom is 0.191 e. The highest BCUT2D eigenvalue weighted by Crippen LogP contribution is 2.32. The molecule has 0 N–H and O–H groups in total. The zero-order valence-corrected chi connectivity index (χ0v) is 15.8. The standard InChI is InChI=1S/C22H24N2O3/c1-14-3-5-17(6-4-14)19-11-15(2)24(23-19)21-20(25)13-18(22(21)26)12-16-7-9-27-10-8-16/h3-6,11-12,16,21H,7-10,13H2,1-2H3/b18-12+. The summed E-state index contributed by atoms with van der Waals surface area (Å²) >= 11 is 0. The highest BCUT2D eigenvalue weighted by Gasteiger charge is 2.40. The first-order chi connectivity index (χ1) is 13.0. The van der Waals surface area contributed by atoms with E-state index in [1.54, 1.807) is 4.68 Å². The largest absolute Gasteiger partial charge is 0.381 e. The number of carbonyl (C=O) groups excluding carboxylic acids is 2. The Balaban J connectivity index is 1.61. The van der Waals surface area contributed by atoms with Crippen LogP contribution in [0.2, 0.25) is 0 Å². The van der Waals surface area contributed by atoms with Gasteiger partial charge in [-0.3, -0.25) is 14.3 Å². The van der Waals surface area contributed by atoms with Crippen LogP contribution in [0.3, 0.4) is 0 Å². The summed E-state index contributed by atoms with van der Waals surface area (Å²) in [6.07, 6.45) is 4.03. The predicted octanol–water partition coefficient (Wildman–Crippen LogP) is 3.60. The molecule has 0 bridgehead atoms. The van der Waals surface area contributed by atoms with Crippen LogP contribution in [0.5, 0.6) is 0 Å². The average molecular weight is 364 g/mol. The molecule has 2 fully saturated rings. The SMILES string of the molecule is Cc1ccc(-c2cc(C)n(C3C(=O)C/C(=C\C4CCOCC4)C3=O)n2)cc1. The van der Waals surface area contributed by atoms with Gasteiger partial charge in [-0.2, -0.15) is 5.10 Å². The molecule has 2 heterocycles. The number of carbonyl (C=O) groups is 2. The van der Waals surface area contributed by atoms with Crippen LogP contribution in [0.25, 0.3) is 11.3 Å². The molecule has 2 aromatic rings.